The topological polar surface area (TPSA) is 171 Å². The van der Waals surface area contributed by atoms with E-state index in [9.17, 15) is 32.9 Å². The van der Waals surface area contributed by atoms with Crippen molar-refractivity contribution in [3.05, 3.63) is 96.7 Å². The van der Waals surface area contributed by atoms with Gasteiger partial charge in [0.1, 0.15) is 11.4 Å². The molecule has 2 heterocycles. The lowest BCUT2D eigenvalue weighted by Crippen LogP contribution is -2.51. The minimum atomic E-state index is -4.14. The smallest absolute Gasteiger partial charge is 0.332 e. The Balaban J connectivity index is 1.54. The maximum atomic E-state index is 13.3. The van der Waals surface area contributed by atoms with Crippen molar-refractivity contribution in [3.8, 4) is 0 Å². The average molecular weight is 557 g/mol. The first-order valence-corrected chi connectivity index (χ1v) is 13.7. The normalized spacial score (nSPS) is 14.8. The van der Waals surface area contributed by atoms with Crippen LogP contribution in [0, 0.1) is 10.1 Å². The van der Waals surface area contributed by atoms with E-state index in [2.05, 4.69) is 0 Å². The van der Waals surface area contributed by atoms with Crippen LogP contribution in [-0.2, 0) is 23.1 Å². The molecule has 0 unspecified atom stereocenters. The quantitative estimate of drug-likeness (QED) is 0.227. The van der Waals surface area contributed by atoms with Gasteiger partial charge in [0.2, 0.25) is 10.0 Å². The second kappa shape index (κ2) is 11.3. The van der Waals surface area contributed by atoms with Crippen LogP contribution in [-0.4, -0.2) is 70.2 Å². The van der Waals surface area contributed by atoms with Crippen molar-refractivity contribution in [1.82, 2.24) is 18.3 Å². The molecule has 0 amide bonds. The van der Waals surface area contributed by atoms with Gasteiger partial charge in [0.15, 0.2) is 10.7 Å². The molecule has 0 bridgehead atoms. The van der Waals surface area contributed by atoms with Crippen LogP contribution in [0.3, 0.4) is 0 Å². The summed E-state index contributed by atoms with van der Waals surface area (Å²) in [6, 6.07) is 14.1. The lowest BCUT2D eigenvalue weighted by Gasteiger charge is -2.33. The van der Waals surface area contributed by atoms with Gasteiger partial charge in [0, 0.05) is 38.8 Å². The zero-order valence-corrected chi connectivity index (χ0v) is 22.0. The number of piperazine rings is 1. The average Bonchev–Trinajstić information content (AvgIpc) is 2.92. The molecule has 206 valence electrons. The molecule has 0 spiro atoms. The number of nitro benzene ring substituents is 1. The summed E-state index contributed by atoms with van der Waals surface area (Å²) in [6.45, 7) is 1.81. The molecule has 13 nitrogen and oxygen atoms in total. The fourth-order valence-electron chi connectivity index (χ4n) is 4.55. The molecule has 39 heavy (non-hydrogen) atoms. The molecule has 0 radical (unpaired) electrons. The first kappa shape index (κ1) is 27.9. The van der Waals surface area contributed by atoms with Crippen molar-refractivity contribution in [3.63, 3.8) is 0 Å². The Kier molecular flexibility index (Phi) is 8.09. The van der Waals surface area contributed by atoms with Gasteiger partial charge in [-0.05, 0) is 18.6 Å². The van der Waals surface area contributed by atoms with Gasteiger partial charge in [-0.1, -0.05) is 42.5 Å². The molecule has 0 atom stereocenters. The number of sulfonamides is 1. The minimum absolute atomic E-state index is 0.0101. The Labute approximate surface area is 223 Å². The van der Waals surface area contributed by atoms with Crippen molar-refractivity contribution in [2.45, 2.75) is 24.9 Å². The molecule has 2 aromatic carbocycles. The summed E-state index contributed by atoms with van der Waals surface area (Å²) in [6.07, 6.45) is 0. The van der Waals surface area contributed by atoms with Gasteiger partial charge in [-0.2, -0.15) is 4.31 Å². The number of para-hydroxylation sites is 1. The van der Waals surface area contributed by atoms with Gasteiger partial charge < -0.3 is 5.73 Å². The number of ketones is 1. The van der Waals surface area contributed by atoms with E-state index in [0.29, 0.717) is 0 Å². The van der Waals surface area contributed by atoms with Gasteiger partial charge in [-0.3, -0.25) is 33.7 Å². The summed E-state index contributed by atoms with van der Waals surface area (Å²) in [5, 5.41) is 11.3. The molecule has 14 heteroatoms. The van der Waals surface area contributed by atoms with Gasteiger partial charge >= 0.3 is 5.69 Å². The van der Waals surface area contributed by atoms with E-state index in [1.54, 1.807) is 36.1 Å². The largest absolute Gasteiger partial charge is 0.384 e. The number of hydrogen-bond donors (Lipinski definition) is 1. The number of aromatic nitrogens is 2. The molecule has 1 aliphatic rings. The molecular formula is C25H28N6O7S. The Hall–Kier alpha value is -4.14. The van der Waals surface area contributed by atoms with E-state index < -0.39 is 42.6 Å². The Bertz CT molecular complexity index is 1620. The van der Waals surface area contributed by atoms with Gasteiger partial charge in [0.05, 0.1) is 18.0 Å². The number of nitrogen functional groups attached to an aromatic ring is 1. The number of benzene rings is 2. The SMILES string of the molecule is CCn1c(=O)c(C(=O)CN2CCN(S(=O)(=O)c3ccccc3[N+](=O)[O-])CC2)c(N)n(Cc2ccccc2)c1=O. The van der Waals surface area contributed by atoms with Gasteiger partial charge in [0.25, 0.3) is 11.2 Å². The highest BCUT2D eigenvalue weighted by atomic mass is 32.2. The second-order valence-corrected chi connectivity index (χ2v) is 10.9. The summed E-state index contributed by atoms with van der Waals surface area (Å²) >= 11 is 0. The first-order valence-electron chi connectivity index (χ1n) is 12.2. The van der Waals surface area contributed by atoms with Crippen LogP contribution >= 0.6 is 0 Å². The summed E-state index contributed by atoms with van der Waals surface area (Å²) in [4.78, 5) is 51.2. The van der Waals surface area contributed by atoms with Crippen LogP contribution in [0.2, 0.25) is 0 Å². The molecule has 0 saturated carbocycles. The van der Waals surface area contributed by atoms with E-state index in [4.69, 9.17) is 5.73 Å². The predicted molar refractivity (Wildman–Crippen MR) is 143 cm³/mol. The third-order valence-electron chi connectivity index (χ3n) is 6.62. The molecule has 0 aliphatic carbocycles. The van der Waals surface area contributed by atoms with Crippen molar-refractivity contribution in [2.24, 2.45) is 0 Å². The first-order chi connectivity index (χ1) is 18.6. The summed E-state index contributed by atoms with van der Waals surface area (Å²) in [7, 11) is -4.14. The monoisotopic (exact) mass is 556 g/mol. The van der Waals surface area contributed by atoms with Crippen LogP contribution in [0.4, 0.5) is 11.5 Å². The van der Waals surface area contributed by atoms with E-state index >= 15 is 0 Å². The molecule has 4 rings (SSSR count). The number of nitrogens with zero attached hydrogens (tertiary/aromatic N) is 5. The molecule has 1 aromatic heterocycles. The fraction of sp³-hybridized carbons (Fsp3) is 0.320. The van der Waals surface area contributed by atoms with Crippen molar-refractivity contribution in [2.75, 3.05) is 38.5 Å². The van der Waals surface area contributed by atoms with Crippen LogP contribution in [0.15, 0.2) is 69.1 Å². The molecule has 1 aliphatic heterocycles. The number of Topliss-reactive ketones (excluding diaryl/α,β-unsaturated/α-hetero) is 1. The maximum absolute atomic E-state index is 13.3. The molecule has 2 N–H and O–H groups in total. The second-order valence-electron chi connectivity index (χ2n) is 8.99. The summed E-state index contributed by atoms with van der Waals surface area (Å²) in [5.41, 5.74) is 4.79. The predicted octanol–water partition coefficient (Wildman–Crippen LogP) is 0.758. The Morgan fingerprint density at radius 2 is 1.59 bits per heavy atom. The van der Waals surface area contributed by atoms with E-state index in [-0.39, 0.29) is 57.2 Å². The molecular weight excluding hydrogens is 528 g/mol. The van der Waals surface area contributed by atoms with Crippen molar-refractivity contribution in [1.29, 1.82) is 0 Å². The van der Waals surface area contributed by atoms with Crippen LogP contribution in [0.1, 0.15) is 22.8 Å². The lowest BCUT2D eigenvalue weighted by atomic mass is 10.1. The zero-order chi connectivity index (χ0) is 28.3. The highest BCUT2D eigenvalue weighted by Gasteiger charge is 2.34. The number of carbonyl (C=O) groups excluding carboxylic acids is 1. The van der Waals surface area contributed by atoms with Crippen molar-refractivity contribution < 1.29 is 18.1 Å². The zero-order valence-electron chi connectivity index (χ0n) is 21.2. The Morgan fingerprint density at radius 3 is 2.21 bits per heavy atom. The molecule has 1 saturated heterocycles. The minimum Gasteiger partial charge on any atom is -0.384 e. The lowest BCUT2D eigenvalue weighted by molar-refractivity contribution is -0.387. The number of nitro groups is 1. The van der Waals surface area contributed by atoms with E-state index in [1.165, 1.54) is 22.8 Å². The van der Waals surface area contributed by atoms with Gasteiger partial charge in [-0.25, -0.2) is 13.2 Å². The molecule has 3 aromatic rings. The third-order valence-corrected chi connectivity index (χ3v) is 8.57. The number of nitrogens with two attached hydrogens (primary N) is 1. The fourth-order valence-corrected chi connectivity index (χ4v) is 6.13. The summed E-state index contributed by atoms with van der Waals surface area (Å²) in [5.74, 6) is -0.808. The van der Waals surface area contributed by atoms with Gasteiger partial charge in [-0.15, -0.1) is 0 Å². The third kappa shape index (κ3) is 5.53. The highest BCUT2D eigenvalue weighted by molar-refractivity contribution is 7.89. The maximum Gasteiger partial charge on any atom is 0.332 e. The van der Waals surface area contributed by atoms with E-state index in [0.717, 1.165) is 20.5 Å². The van der Waals surface area contributed by atoms with E-state index in [1.807, 2.05) is 6.07 Å². The highest BCUT2D eigenvalue weighted by Crippen LogP contribution is 2.27. The number of anilines is 1. The van der Waals surface area contributed by atoms with Crippen LogP contribution < -0.4 is 17.0 Å². The molecule has 1 fully saturated rings. The number of rotatable bonds is 9. The summed E-state index contributed by atoms with van der Waals surface area (Å²) < 4.78 is 29.5. The van der Waals surface area contributed by atoms with Crippen LogP contribution in [0.25, 0.3) is 0 Å². The Morgan fingerprint density at radius 1 is 0.974 bits per heavy atom. The van der Waals surface area contributed by atoms with Crippen molar-refractivity contribution >= 4 is 27.3 Å². The number of carbonyl (C=O) groups is 1. The standard InChI is InChI=1S/C25H28N6O7S/c1-2-29-24(33)22(23(26)30(25(29)34)16-18-8-4-3-5-9-18)20(32)17-27-12-14-28(15-13-27)39(37,38)21-11-7-6-10-19(21)31(35)36/h3-11H,2,12-17,26H2,1H3. The van der Waals surface area contributed by atoms with Crippen LogP contribution in [0.5, 0.6) is 0 Å². The number of hydrogen-bond acceptors (Lipinski definition) is 9.